The van der Waals surface area contributed by atoms with E-state index in [0.29, 0.717) is 18.9 Å². The van der Waals surface area contributed by atoms with Crippen LogP contribution >= 0.6 is 0 Å². The van der Waals surface area contributed by atoms with E-state index >= 15 is 0 Å². The molecule has 19 heavy (non-hydrogen) atoms. The highest BCUT2D eigenvalue weighted by molar-refractivity contribution is 5.55. The first kappa shape index (κ1) is 13.5. The number of phenolic OH excluding ortho intramolecular Hbond substituents is 1. The number of rotatable bonds is 2. The van der Waals surface area contributed by atoms with E-state index < -0.39 is 22.9 Å². The minimum Gasteiger partial charge on any atom is -0.507 e. The SMILES string of the molecule is COc1cc(C(F)(F)F)cc(O)c1C1(C#N)CCC1. The Labute approximate surface area is 108 Å². The molecule has 3 nitrogen and oxygen atoms in total. The van der Waals surface area contributed by atoms with Crippen molar-refractivity contribution in [3.8, 4) is 17.6 Å². The summed E-state index contributed by atoms with van der Waals surface area (Å²) in [5, 5.41) is 19.1. The highest BCUT2D eigenvalue weighted by atomic mass is 19.4. The average Bonchev–Trinajstić information content (AvgIpc) is 2.28. The van der Waals surface area contributed by atoms with E-state index in [1.54, 1.807) is 0 Å². The molecular formula is C13H12F3NO2. The molecule has 0 atom stereocenters. The number of halogens is 3. The fraction of sp³-hybridized carbons (Fsp3) is 0.462. The zero-order chi connectivity index (χ0) is 14.3. The number of phenols is 1. The normalized spacial score (nSPS) is 17.4. The molecule has 0 unspecified atom stereocenters. The van der Waals surface area contributed by atoms with Gasteiger partial charge in [-0.3, -0.25) is 0 Å². The highest BCUT2D eigenvalue weighted by Gasteiger charge is 2.44. The van der Waals surface area contributed by atoms with Crippen LogP contribution in [0.15, 0.2) is 12.1 Å². The second-order valence-electron chi connectivity index (χ2n) is 4.62. The van der Waals surface area contributed by atoms with Gasteiger partial charge in [0.1, 0.15) is 11.5 Å². The average molecular weight is 271 g/mol. The predicted octanol–water partition coefficient (Wildman–Crippen LogP) is 3.36. The Kier molecular flexibility index (Phi) is 3.09. The molecule has 1 fully saturated rings. The van der Waals surface area contributed by atoms with Crippen molar-refractivity contribution in [2.75, 3.05) is 7.11 Å². The molecule has 0 heterocycles. The van der Waals surface area contributed by atoms with Crippen molar-refractivity contribution < 1.29 is 23.0 Å². The molecule has 1 aliphatic rings. The zero-order valence-corrected chi connectivity index (χ0v) is 10.2. The Morgan fingerprint density at radius 2 is 2.00 bits per heavy atom. The number of aromatic hydroxyl groups is 1. The quantitative estimate of drug-likeness (QED) is 0.897. The summed E-state index contributed by atoms with van der Waals surface area (Å²) in [6.45, 7) is 0. The molecular weight excluding hydrogens is 259 g/mol. The standard InChI is InChI=1S/C13H12F3NO2/c1-19-10-6-8(13(14,15)16)5-9(18)11(10)12(7-17)3-2-4-12/h5-6,18H,2-4H2,1H3. The molecule has 0 amide bonds. The number of hydrogen-bond donors (Lipinski definition) is 1. The Morgan fingerprint density at radius 3 is 2.37 bits per heavy atom. The first-order valence-corrected chi connectivity index (χ1v) is 5.74. The monoisotopic (exact) mass is 271 g/mol. The van der Waals surface area contributed by atoms with Crippen LogP contribution < -0.4 is 4.74 Å². The fourth-order valence-electron chi connectivity index (χ4n) is 2.35. The van der Waals surface area contributed by atoms with Crippen molar-refractivity contribution in [3.63, 3.8) is 0 Å². The van der Waals surface area contributed by atoms with E-state index in [0.717, 1.165) is 12.5 Å². The number of hydrogen-bond acceptors (Lipinski definition) is 3. The van der Waals surface area contributed by atoms with Crippen LogP contribution in [0, 0.1) is 11.3 Å². The largest absolute Gasteiger partial charge is 0.507 e. The van der Waals surface area contributed by atoms with Crippen LogP contribution in [0.2, 0.25) is 0 Å². The second-order valence-corrected chi connectivity index (χ2v) is 4.62. The van der Waals surface area contributed by atoms with Crippen LogP contribution in [-0.4, -0.2) is 12.2 Å². The van der Waals surface area contributed by atoms with Gasteiger partial charge in [0.05, 0.1) is 29.7 Å². The van der Waals surface area contributed by atoms with Gasteiger partial charge in [0.15, 0.2) is 0 Å². The zero-order valence-electron chi connectivity index (χ0n) is 10.2. The van der Waals surface area contributed by atoms with E-state index in [4.69, 9.17) is 4.74 Å². The van der Waals surface area contributed by atoms with Crippen LogP contribution in [0.4, 0.5) is 13.2 Å². The summed E-state index contributed by atoms with van der Waals surface area (Å²) >= 11 is 0. The second kappa shape index (κ2) is 4.34. The summed E-state index contributed by atoms with van der Waals surface area (Å²) in [6, 6.07) is 3.56. The van der Waals surface area contributed by atoms with Gasteiger partial charge in [-0.1, -0.05) is 0 Å². The summed E-state index contributed by atoms with van der Waals surface area (Å²) in [5.41, 5.74) is -1.76. The Bertz CT molecular complexity index is 542. The van der Waals surface area contributed by atoms with Gasteiger partial charge in [-0.25, -0.2) is 0 Å². The predicted molar refractivity (Wildman–Crippen MR) is 60.8 cm³/mol. The molecule has 0 bridgehead atoms. The lowest BCUT2D eigenvalue weighted by molar-refractivity contribution is -0.137. The Morgan fingerprint density at radius 1 is 1.37 bits per heavy atom. The molecule has 1 N–H and O–H groups in total. The first-order chi connectivity index (χ1) is 8.84. The van der Waals surface area contributed by atoms with Crippen LogP contribution in [-0.2, 0) is 11.6 Å². The maximum atomic E-state index is 12.7. The highest BCUT2D eigenvalue weighted by Crippen LogP contribution is 2.51. The van der Waals surface area contributed by atoms with Crippen LogP contribution in [0.1, 0.15) is 30.4 Å². The Balaban J connectivity index is 2.60. The maximum Gasteiger partial charge on any atom is 0.416 e. The molecule has 0 spiro atoms. The van der Waals surface area contributed by atoms with Crippen molar-refractivity contribution in [3.05, 3.63) is 23.3 Å². The van der Waals surface area contributed by atoms with Crippen molar-refractivity contribution in [2.24, 2.45) is 0 Å². The van der Waals surface area contributed by atoms with E-state index in [9.17, 15) is 23.5 Å². The van der Waals surface area contributed by atoms with Gasteiger partial charge >= 0.3 is 6.18 Å². The lowest BCUT2D eigenvalue weighted by Gasteiger charge is -2.37. The third-order valence-corrected chi connectivity index (χ3v) is 3.53. The van der Waals surface area contributed by atoms with Crippen molar-refractivity contribution in [2.45, 2.75) is 30.9 Å². The van der Waals surface area contributed by atoms with Crippen LogP contribution in [0.25, 0.3) is 0 Å². The molecule has 0 radical (unpaired) electrons. The minimum atomic E-state index is -4.57. The molecule has 1 aromatic rings. The van der Waals surface area contributed by atoms with Crippen molar-refractivity contribution >= 4 is 0 Å². The number of ether oxygens (including phenoxy) is 1. The Hall–Kier alpha value is -1.90. The third kappa shape index (κ3) is 2.09. The van der Waals surface area contributed by atoms with E-state index in [1.165, 1.54) is 7.11 Å². The molecule has 6 heteroatoms. The number of nitriles is 1. The van der Waals surface area contributed by atoms with Gasteiger partial charge < -0.3 is 9.84 Å². The molecule has 1 aromatic carbocycles. The van der Waals surface area contributed by atoms with E-state index in [2.05, 4.69) is 6.07 Å². The molecule has 102 valence electrons. The third-order valence-electron chi connectivity index (χ3n) is 3.53. The molecule has 0 aromatic heterocycles. The van der Waals surface area contributed by atoms with Crippen molar-refractivity contribution in [1.29, 1.82) is 5.26 Å². The van der Waals surface area contributed by atoms with E-state index in [1.807, 2.05) is 0 Å². The smallest absolute Gasteiger partial charge is 0.416 e. The minimum absolute atomic E-state index is 0.0893. The molecule has 0 aliphatic heterocycles. The number of benzene rings is 1. The van der Waals surface area contributed by atoms with Gasteiger partial charge in [-0.05, 0) is 31.4 Å². The number of alkyl halides is 3. The van der Waals surface area contributed by atoms with Gasteiger partial charge in [0.2, 0.25) is 0 Å². The molecule has 1 saturated carbocycles. The van der Waals surface area contributed by atoms with Crippen LogP contribution in [0.5, 0.6) is 11.5 Å². The maximum absolute atomic E-state index is 12.7. The summed E-state index contributed by atoms with van der Waals surface area (Å²) in [7, 11) is 1.22. The van der Waals surface area contributed by atoms with Gasteiger partial charge in [0.25, 0.3) is 0 Å². The fourth-order valence-corrected chi connectivity index (χ4v) is 2.35. The van der Waals surface area contributed by atoms with Gasteiger partial charge in [-0.2, -0.15) is 18.4 Å². The lowest BCUT2D eigenvalue weighted by Crippen LogP contribution is -2.33. The topological polar surface area (TPSA) is 53.2 Å². The number of nitrogens with zero attached hydrogens (tertiary/aromatic N) is 1. The van der Waals surface area contributed by atoms with Crippen molar-refractivity contribution in [1.82, 2.24) is 0 Å². The summed E-state index contributed by atoms with van der Waals surface area (Å²) in [4.78, 5) is 0. The van der Waals surface area contributed by atoms with E-state index in [-0.39, 0.29) is 11.3 Å². The summed E-state index contributed by atoms with van der Waals surface area (Å²) in [5.74, 6) is -0.624. The van der Waals surface area contributed by atoms with Crippen LogP contribution in [0.3, 0.4) is 0 Å². The lowest BCUT2D eigenvalue weighted by atomic mass is 9.65. The molecule has 2 rings (SSSR count). The molecule has 0 saturated heterocycles. The van der Waals surface area contributed by atoms with Gasteiger partial charge in [-0.15, -0.1) is 0 Å². The summed E-state index contributed by atoms with van der Waals surface area (Å²) < 4.78 is 42.9. The molecule has 1 aliphatic carbocycles. The summed E-state index contributed by atoms with van der Waals surface area (Å²) in [6.07, 6.45) is -2.74. The number of methoxy groups -OCH3 is 1. The van der Waals surface area contributed by atoms with Gasteiger partial charge in [0, 0.05) is 0 Å². The first-order valence-electron chi connectivity index (χ1n) is 5.74.